The van der Waals surface area contributed by atoms with Gasteiger partial charge in [-0.25, -0.2) is 9.59 Å². The highest BCUT2D eigenvalue weighted by atomic mass is 16.5. The molecule has 0 aliphatic carbocycles. The van der Waals surface area contributed by atoms with Gasteiger partial charge in [-0.05, 0) is 19.3 Å². The third-order valence-corrected chi connectivity index (χ3v) is 1.97. The summed E-state index contributed by atoms with van der Waals surface area (Å²) in [5.74, 6) is -0.183. The fourth-order valence-corrected chi connectivity index (χ4v) is 0.768. The van der Waals surface area contributed by atoms with E-state index < -0.39 is 11.5 Å². The second kappa shape index (κ2) is 5.55. The summed E-state index contributed by atoms with van der Waals surface area (Å²) in [5, 5.41) is 0. The molecule has 80 valence electrons. The lowest BCUT2D eigenvalue weighted by molar-refractivity contribution is -0.150. The summed E-state index contributed by atoms with van der Waals surface area (Å²) in [6.07, 6.45) is 1.83. The molecule has 0 aromatic heterocycles. The van der Waals surface area contributed by atoms with Crippen molar-refractivity contribution in [1.29, 1.82) is 0 Å². The molecule has 0 radical (unpaired) electrons. The molecule has 0 aliphatic heterocycles. The summed E-state index contributed by atoms with van der Waals surface area (Å²) in [7, 11) is 0. The van der Waals surface area contributed by atoms with E-state index in [2.05, 4.69) is 4.99 Å². The number of ether oxygens (including phenoxy) is 1. The van der Waals surface area contributed by atoms with Crippen molar-refractivity contribution in [3.8, 4) is 0 Å². The highest BCUT2D eigenvalue weighted by molar-refractivity contribution is 5.81. The van der Waals surface area contributed by atoms with Crippen LogP contribution < -0.4 is 0 Å². The number of esters is 1. The van der Waals surface area contributed by atoms with E-state index in [1.807, 2.05) is 13.8 Å². The number of hydrogen-bond acceptors (Lipinski definition) is 4. The Hall–Kier alpha value is -1.15. The Balaban J connectivity index is 4.39. The number of rotatable bonds is 5. The zero-order valence-corrected chi connectivity index (χ0v) is 9.16. The maximum absolute atomic E-state index is 11.5. The van der Waals surface area contributed by atoms with Gasteiger partial charge in [0.1, 0.15) is 0 Å². The molecule has 1 unspecified atom stereocenters. The minimum absolute atomic E-state index is 0.278. The van der Waals surface area contributed by atoms with Crippen molar-refractivity contribution < 1.29 is 14.3 Å². The SMILES string of the molecule is CCC(C)(N=C=O)C(=O)OCC(C)C. The Bertz CT molecular complexity index is 244. The van der Waals surface area contributed by atoms with Gasteiger partial charge in [0.25, 0.3) is 0 Å². The summed E-state index contributed by atoms with van der Waals surface area (Å²) in [5.41, 5.74) is -1.07. The van der Waals surface area contributed by atoms with E-state index in [9.17, 15) is 9.59 Å². The van der Waals surface area contributed by atoms with Crippen LogP contribution in [0.25, 0.3) is 0 Å². The van der Waals surface area contributed by atoms with Gasteiger partial charge < -0.3 is 4.74 Å². The number of nitrogens with zero attached hydrogens (tertiary/aromatic N) is 1. The zero-order chi connectivity index (χ0) is 11.2. The second-order valence-corrected chi connectivity index (χ2v) is 3.82. The van der Waals surface area contributed by atoms with Crippen molar-refractivity contribution in [2.75, 3.05) is 6.61 Å². The van der Waals surface area contributed by atoms with Crippen molar-refractivity contribution in [1.82, 2.24) is 0 Å². The molecule has 0 amide bonds. The van der Waals surface area contributed by atoms with Crippen LogP contribution in [-0.2, 0) is 14.3 Å². The van der Waals surface area contributed by atoms with Crippen LogP contribution in [-0.4, -0.2) is 24.2 Å². The minimum atomic E-state index is -1.07. The highest BCUT2D eigenvalue weighted by Gasteiger charge is 2.32. The van der Waals surface area contributed by atoms with E-state index in [1.165, 1.54) is 6.08 Å². The van der Waals surface area contributed by atoms with Gasteiger partial charge in [-0.3, -0.25) is 0 Å². The molecule has 0 aromatic carbocycles. The van der Waals surface area contributed by atoms with Crippen molar-refractivity contribution in [3.63, 3.8) is 0 Å². The van der Waals surface area contributed by atoms with Gasteiger partial charge in [0, 0.05) is 0 Å². The van der Waals surface area contributed by atoms with E-state index in [0.29, 0.717) is 13.0 Å². The average molecular weight is 199 g/mol. The summed E-state index contributed by atoms with van der Waals surface area (Å²) in [6, 6.07) is 0. The maximum Gasteiger partial charge on any atom is 0.334 e. The average Bonchev–Trinajstić information content (AvgIpc) is 2.14. The van der Waals surface area contributed by atoms with Gasteiger partial charge in [-0.2, -0.15) is 4.99 Å². The van der Waals surface area contributed by atoms with Crippen LogP contribution in [0.1, 0.15) is 34.1 Å². The van der Waals surface area contributed by atoms with Gasteiger partial charge in [0.15, 0.2) is 5.54 Å². The lowest BCUT2D eigenvalue weighted by Gasteiger charge is -2.19. The Morgan fingerprint density at radius 2 is 2.14 bits per heavy atom. The van der Waals surface area contributed by atoms with Crippen LogP contribution in [0.3, 0.4) is 0 Å². The van der Waals surface area contributed by atoms with Crippen molar-refractivity contribution in [2.24, 2.45) is 10.9 Å². The maximum atomic E-state index is 11.5. The lowest BCUT2D eigenvalue weighted by atomic mass is 10.0. The third-order valence-electron chi connectivity index (χ3n) is 1.97. The van der Waals surface area contributed by atoms with Crippen LogP contribution in [0.5, 0.6) is 0 Å². The first-order valence-electron chi connectivity index (χ1n) is 4.72. The first-order valence-corrected chi connectivity index (χ1v) is 4.72. The Morgan fingerprint density at radius 1 is 1.57 bits per heavy atom. The summed E-state index contributed by atoms with van der Waals surface area (Å²) in [6.45, 7) is 7.58. The monoisotopic (exact) mass is 199 g/mol. The topological polar surface area (TPSA) is 55.7 Å². The number of carbonyl (C=O) groups excluding carboxylic acids is 2. The summed E-state index contributed by atoms with van der Waals surface area (Å²) < 4.78 is 5.00. The third kappa shape index (κ3) is 3.71. The molecule has 0 spiro atoms. The van der Waals surface area contributed by atoms with E-state index >= 15 is 0 Å². The normalized spacial score (nSPS) is 14.4. The summed E-state index contributed by atoms with van der Waals surface area (Å²) in [4.78, 5) is 25.1. The Kier molecular flexibility index (Phi) is 5.10. The number of aliphatic imine (C=N–C) groups is 1. The Labute approximate surface area is 84.4 Å². The fraction of sp³-hybridized carbons (Fsp3) is 0.800. The standard InChI is InChI=1S/C10H17NO3/c1-5-10(4,11-7-12)9(13)14-6-8(2)3/h8H,5-6H2,1-4H3. The molecule has 0 saturated carbocycles. The predicted octanol–water partition coefficient (Wildman–Crippen LogP) is 1.69. The van der Waals surface area contributed by atoms with Crippen molar-refractivity contribution >= 4 is 12.0 Å². The molecule has 0 heterocycles. The van der Waals surface area contributed by atoms with Crippen molar-refractivity contribution in [3.05, 3.63) is 0 Å². The molecule has 0 aliphatic rings. The molecule has 0 aromatic rings. The summed E-state index contributed by atoms with van der Waals surface area (Å²) >= 11 is 0. The Morgan fingerprint density at radius 3 is 2.50 bits per heavy atom. The van der Waals surface area contributed by atoms with E-state index in [0.717, 1.165) is 0 Å². The molecule has 0 saturated heterocycles. The number of hydrogen-bond donors (Lipinski definition) is 0. The first-order chi connectivity index (χ1) is 6.46. The van der Waals surface area contributed by atoms with Gasteiger partial charge in [-0.15, -0.1) is 0 Å². The fourth-order valence-electron chi connectivity index (χ4n) is 0.768. The van der Waals surface area contributed by atoms with Crippen molar-refractivity contribution in [2.45, 2.75) is 39.7 Å². The smallest absolute Gasteiger partial charge is 0.334 e. The predicted molar refractivity (Wildman–Crippen MR) is 52.6 cm³/mol. The number of carbonyl (C=O) groups is 1. The molecule has 1 atom stereocenters. The van der Waals surface area contributed by atoms with Crippen LogP contribution >= 0.6 is 0 Å². The lowest BCUT2D eigenvalue weighted by Crippen LogP contribution is -2.35. The molecule has 4 nitrogen and oxygen atoms in total. The zero-order valence-electron chi connectivity index (χ0n) is 9.16. The molecular formula is C10H17NO3. The van der Waals surface area contributed by atoms with Gasteiger partial charge >= 0.3 is 5.97 Å². The molecular weight excluding hydrogens is 182 g/mol. The van der Waals surface area contributed by atoms with E-state index in [-0.39, 0.29) is 5.92 Å². The van der Waals surface area contributed by atoms with Gasteiger partial charge in [0.2, 0.25) is 6.08 Å². The van der Waals surface area contributed by atoms with Crippen LogP contribution in [0.15, 0.2) is 4.99 Å². The molecule has 0 fully saturated rings. The van der Waals surface area contributed by atoms with Gasteiger partial charge in [0.05, 0.1) is 6.61 Å². The molecule has 0 rings (SSSR count). The molecule has 0 bridgehead atoms. The van der Waals surface area contributed by atoms with Crippen LogP contribution in [0.2, 0.25) is 0 Å². The molecule has 14 heavy (non-hydrogen) atoms. The second-order valence-electron chi connectivity index (χ2n) is 3.82. The number of isocyanates is 1. The first kappa shape index (κ1) is 12.8. The van der Waals surface area contributed by atoms with Crippen LogP contribution in [0.4, 0.5) is 0 Å². The van der Waals surface area contributed by atoms with Gasteiger partial charge in [-0.1, -0.05) is 20.8 Å². The molecule has 0 N–H and O–H groups in total. The van der Waals surface area contributed by atoms with Crippen LogP contribution in [0, 0.1) is 5.92 Å². The van der Waals surface area contributed by atoms with E-state index in [4.69, 9.17) is 4.74 Å². The largest absolute Gasteiger partial charge is 0.464 e. The quantitative estimate of drug-likeness (QED) is 0.384. The highest BCUT2D eigenvalue weighted by Crippen LogP contribution is 2.16. The minimum Gasteiger partial charge on any atom is -0.464 e. The molecule has 4 heteroatoms. The van der Waals surface area contributed by atoms with E-state index in [1.54, 1.807) is 13.8 Å².